The van der Waals surface area contributed by atoms with Crippen molar-refractivity contribution in [3.8, 4) is 0 Å². The van der Waals surface area contributed by atoms with Crippen molar-refractivity contribution in [2.45, 2.75) is 33.3 Å². The normalized spacial score (nSPS) is 13.3. The van der Waals surface area contributed by atoms with Crippen LogP contribution in [0.4, 0.5) is 5.69 Å². The van der Waals surface area contributed by atoms with E-state index >= 15 is 0 Å². The number of aromatic amines is 1. The molecule has 0 aliphatic carbocycles. The molecule has 2 rings (SSSR count). The number of hydrogen-bond donors (Lipinski definition) is 4. The fourth-order valence-electron chi connectivity index (χ4n) is 2.42. The van der Waals surface area contributed by atoms with Crippen LogP contribution in [-0.4, -0.2) is 28.6 Å². The molecule has 1 heterocycles. The lowest BCUT2D eigenvalue weighted by Crippen LogP contribution is -2.34. The number of carbonyl (C=O) groups excluding carboxylic acids is 1. The van der Waals surface area contributed by atoms with Gasteiger partial charge in [-0.15, -0.1) is 0 Å². The number of hydrogen-bond acceptors (Lipinski definition) is 3. The van der Waals surface area contributed by atoms with E-state index in [1.807, 2.05) is 6.07 Å². The first-order valence-electron chi connectivity index (χ1n) is 7.09. The van der Waals surface area contributed by atoms with Crippen LogP contribution in [0.25, 0.3) is 10.9 Å². The summed E-state index contributed by atoms with van der Waals surface area (Å²) < 4.78 is 0. The summed E-state index contributed by atoms with van der Waals surface area (Å²) in [6.07, 6.45) is 1.75. The number of aliphatic hydroxyl groups is 1. The number of H-pyrrole nitrogens is 1. The zero-order chi connectivity index (χ0) is 15.6. The summed E-state index contributed by atoms with van der Waals surface area (Å²) in [6, 6.07) is 5.38. The molecule has 1 amide bonds. The van der Waals surface area contributed by atoms with Crippen LogP contribution in [0.2, 0.25) is 0 Å². The van der Waals surface area contributed by atoms with E-state index in [4.69, 9.17) is 5.73 Å². The first-order valence-corrected chi connectivity index (χ1v) is 7.09. The smallest absolute Gasteiger partial charge is 0.253 e. The van der Waals surface area contributed by atoms with Gasteiger partial charge in [-0.3, -0.25) is 4.79 Å². The summed E-state index contributed by atoms with van der Waals surface area (Å²) in [5.41, 5.74) is 7.78. The molecule has 1 aromatic heterocycles. The molecule has 0 radical (unpaired) electrons. The van der Waals surface area contributed by atoms with Gasteiger partial charge in [0.15, 0.2) is 0 Å². The average Bonchev–Trinajstić information content (AvgIpc) is 2.76. The van der Waals surface area contributed by atoms with Gasteiger partial charge in [0, 0.05) is 29.3 Å². The van der Waals surface area contributed by atoms with E-state index in [0.717, 1.165) is 10.9 Å². The van der Waals surface area contributed by atoms with Crippen LogP contribution in [0.3, 0.4) is 0 Å². The van der Waals surface area contributed by atoms with Gasteiger partial charge in [0.1, 0.15) is 0 Å². The average molecular weight is 289 g/mol. The number of aromatic nitrogens is 1. The third-order valence-corrected chi connectivity index (χ3v) is 3.30. The number of rotatable bonds is 4. The van der Waals surface area contributed by atoms with E-state index in [2.05, 4.69) is 31.1 Å². The zero-order valence-corrected chi connectivity index (χ0v) is 12.7. The Kier molecular flexibility index (Phi) is 4.23. The Labute approximate surface area is 124 Å². The van der Waals surface area contributed by atoms with Crippen molar-refractivity contribution in [2.75, 3.05) is 12.3 Å². The Hall–Kier alpha value is -2.01. The highest BCUT2D eigenvalue weighted by atomic mass is 16.3. The highest BCUT2D eigenvalue weighted by Crippen LogP contribution is 2.22. The minimum atomic E-state index is -0.546. The van der Waals surface area contributed by atoms with Gasteiger partial charge in [0.25, 0.3) is 5.91 Å². The molecule has 0 spiro atoms. The van der Waals surface area contributed by atoms with Crippen LogP contribution in [0.5, 0.6) is 0 Å². The van der Waals surface area contributed by atoms with Crippen LogP contribution >= 0.6 is 0 Å². The van der Waals surface area contributed by atoms with Crippen molar-refractivity contribution in [2.24, 2.45) is 5.41 Å². The van der Waals surface area contributed by atoms with Crippen LogP contribution in [-0.2, 0) is 0 Å². The summed E-state index contributed by atoms with van der Waals surface area (Å²) in [7, 11) is 0. The predicted molar refractivity (Wildman–Crippen MR) is 85.1 cm³/mol. The van der Waals surface area contributed by atoms with Gasteiger partial charge in [0.2, 0.25) is 0 Å². The molecule has 1 atom stereocenters. The topological polar surface area (TPSA) is 91.1 Å². The van der Waals surface area contributed by atoms with Crippen LogP contribution < -0.4 is 11.1 Å². The number of anilines is 1. The molecule has 5 N–H and O–H groups in total. The molecule has 0 fully saturated rings. The molecule has 2 aromatic rings. The standard InChI is InChI=1S/C16H23N3O2/c1-16(2,3)7-11(20)8-19-15(21)13-9-18-14-6-10(17)4-5-12(13)14/h4-6,9,11,18,20H,7-8,17H2,1-3H3,(H,19,21). The molecule has 0 aliphatic rings. The van der Waals surface area contributed by atoms with E-state index in [-0.39, 0.29) is 17.9 Å². The third-order valence-electron chi connectivity index (χ3n) is 3.30. The van der Waals surface area contributed by atoms with E-state index in [9.17, 15) is 9.90 Å². The number of fused-ring (bicyclic) bond motifs is 1. The summed E-state index contributed by atoms with van der Waals surface area (Å²) in [5.74, 6) is -0.195. The summed E-state index contributed by atoms with van der Waals surface area (Å²) >= 11 is 0. The maximum atomic E-state index is 12.2. The number of nitrogens with two attached hydrogens (primary N) is 1. The summed E-state index contributed by atoms with van der Waals surface area (Å²) in [4.78, 5) is 15.2. The van der Waals surface area contributed by atoms with Crippen molar-refractivity contribution >= 4 is 22.5 Å². The SMILES string of the molecule is CC(C)(C)CC(O)CNC(=O)c1c[nH]c2cc(N)ccc12. The van der Waals surface area contributed by atoms with E-state index in [0.29, 0.717) is 17.7 Å². The van der Waals surface area contributed by atoms with Crippen molar-refractivity contribution < 1.29 is 9.90 Å². The lowest BCUT2D eigenvalue weighted by Gasteiger charge is -2.22. The summed E-state index contributed by atoms with van der Waals surface area (Å²) in [5, 5.41) is 13.5. The van der Waals surface area contributed by atoms with Gasteiger partial charge in [-0.25, -0.2) is 0 Å². The lowest BCUT2D eigenvalue weighted by molar-refractivity contribution is 0.0870. The van der Waals surface area contributed by atoms with Crippen LogP contribution in [0.15, 0.2) is 24.4 Å². The molecule has 5 heteroatoms. The monoisotopic (exact) mass is 289 g/mol. The van der Waals surface area contributed by atoms with Crippen molar-refractivity contribution in [3.63, 3.8) is 0 Å². The molecular formula is C16H23N3O2. The largest absolute Gasteiger partial charge is 0.399 e. The van der Waals surface area contributed by atoms with E-state index in [1.54, 1.807) is 18.3 Å². The highest BCUT2D eigenvalue weighted by molar-refractivity contribution is 6.07. The number of benzene rings is 1. The number of amides is 1. The quantitative estimate of drug-likeness (QED) is 0.651. The first kappa shape index (κ1) is 15.4. The molecule has 0 aliphatic heterocycles. The number of carbonyl (C=O) groups is 1. The van der Waals surface area contributed by atoms with Gasteiger partial charge < -0.3 is 21.1 Å². The van der Waals surface area contributed by atoms with Crippen molar-refractivity contribution in [3.05, 3.63) is 30.0 Å². The fourth-order valence-corrected chi connectivity index (χ4v) is 2.42. The Morgan fingerprint density at radius 3 is 2.81 bits per heavy atom. The van der Waals surface area contributed by atoms with Gasteiger partial charge in [-0.2, -0.15) is 0 Å². The van der Waals surface area contributed by atoms with Crippen LogP contribution in [0, 0.1) is 5.41 Å². The molecular weight excluding hydrogens is 266 g/mol. The summed E-state index contributed by atoms with van der Waals surface area (Å²) in [6.45, 7) is 6.42. The van der Waals surface area contributed by atoms with E-state index < -0.39 is 6.10 Å². The first-order chi connectivity index (χ1) is 9.76. The Bertz CT molecular complexity index is 640. The van der Waals surface area contributed by atoms with Crippen molar-refractivity contribution in [1.29, 1.82) is 0 Å². The second-order valence-electron chi connectivity index (χ2n) is 6.64. The molecule has 1 aromatic carbocycles. The van der Waals surface area contributed by atoms with Gasteiger partial charge in [0.05, 0.1) is 11.7 Å². The Morgan fingerprint density at radius 2 is 2.14 bits per heavy atom. The lowest BCUT2D eigenvalue weighted by atomic mass is 9.89. The molecule has 21 heavy (non-hydrogen) atoms. The van der Waals surface area contributed by atoms with Crippen LogP contribution in [0.1, 0.15) is 37.6 Å². The van der Waals surface area contributed by atoms with Gasteiger partial charge >= 0.3 is 0 Å². The molecule has 0 bridgehead atoms. The number of nitrogen functional groups attached to an aromatic ring is 1. The second kappa shape index (κ2) is 5.77. The minimum absolute atomic E-state index is 0.0302. The zero-order valence-electron chi connectivity index (χ0n) is 12.7. The molecule has 1 unspecified atom stereocenters. The fraction of sp³-hybridized carbons (Fsp3) is 0.438. The Balaban J connectivity index is 2.03. The molecule has 5 nitrogen and oxygen atoms in total. The third kappa shape index (κ3) is 3.98. The van der Waals surface area contributed by atoms with Gasteiger partial charge in [-0.05, 0) is 30.0 Å². The number of aliphatic hydroxyl groups excluding tert-OH is 1. The maximum Gasteiger partial charge on any atom is 0.253 e. The van der Waals surface area contributed by atoms with Gasteiger partial charge in [-0.1, -0.05) is 20.8 Å². The second-order valence-corrected chi connectivity index (χ2v) is 6.64. The molecule has 0 saturated heterocycles. The minimum Gasteiger partial charge on any atom is -0.399 e. The van der Waals surface area contributed by atoms with E-state index in [1.165, 1.54) is 0 Å². The Morgan fingerprint density at radius 1 is 1.43 bits per heavy atom. The molecule has 0 saturated carbocycles. The maximum absolute atomic E-state index is 12.2. The number of nitrogens with one attached hydrogen (secondary N) is 2. The highest BCUT2D eigenvalue weighted by Gasteiger charge is 2.18. The predicted octanol–water partition coefficient (Wildman–Crippen LogP) is 2.28. The van der Waals surface area contributed by atoms with Crippen molar-refractivity contribution in [1.82, 2.24) is 10.3 Å². The molecule has 114 valence electrons.